The summed E-state index contributed by atoms with van der Waals surface area (Å²) in [6.45, 7) is 8.03. The SMILES string of the molecule is CCOC(=O)c1sc2ncn(CCCn3cnc4sc(C(=O)OCC)c(C)c4c3=O)c(=O)c2c1C. The van der Waals surface area contributed by atoms with E-state index in [4.69, 9.17) is 9.47 Å². The molecule has 0 bridgehead atoms. The van der Waals surface area contributed by atoms with Crippen LogP contribution in [0.15, 0.2) is 22.2 Å². The van der Waals surface area contributed by atoms with E-state index in [9.17, 15) is 19.2 Å². The van der Waals surface area contributed by atoms with Gasteiger partial charge in [0.2, 0.25) is 0 Å². The fourth-order valence-corrected chi connectivity index (χ4v) is 5.90. The zero-order valence-electron chi connectivity index (χ0n) is 19.7. The summed E-state index contributed by atoms with van der Waals surface area (Å²) in [5.74, 6) is -0.924. The molecule has 4 rings (SSSR count). The molecule has 0 aromatic carbocycles. The number of carbonyl (C=O) groups excluding carboxylic acids is 2. The van der Waals surface area contributed by atoms with Crippen LogP contribution in [-0.4, -0.2) is 44.3 Å². The normalized spacial score (nSPS) is 11.3. The van der Waals surface area contributed by atoms with Crippen LogP contribution in [0, 0.1) is 13.8 Å². The summed E-state index contributed by atoms with van der Waals surface area (Å²) in [7, 11) is 0. The van der Waals surface area contributed by atoms with Crippen molar-refractivity contribution in [1.82, 2.24) is 19.1 Å². The van der Waals surface area contributed by atoms with Crippen molar-refractivity contribution in [3.8, 4) is 0 Å². The van der Waals surface area contributed by atoms with Crippen LogP contribution >= 0.6 is 22.7 Å². The predicted molar refractivity (Wildman–Crippen MR) is 134 cm³/mol. The first-order chi connectivity index (χ1) is 16.8. The van der Waals surface area contributed by atoms with Crippen LogP contribution in [0.5, 0.6) is 0 Å². The van der Waals surface area contributed by atoms with Crippen molar-refractivity contribution >= 4 is 55.0 Å². The zero-order chi connectivity index (χ0) is 25.3. The van der Waals surface area contributed by atoms with Crippen LogP contribution in [-0.2, 0) is 22.6 Å². The Hall–Kier alpha value is -3.38. The highest BCUT2D eigenvalue weighted by Crippen LogP contribution is 2.28. The van der Waals surface area contributed by atoms with Crippen LogP contribution in [0.1, 0.15) is 50.7 Å². The topological polar surface area (TPSA) is 122 Å². The average Bonchev–Trinajstić information content (AvgIpc) is 3.35. The lowest BCUT2D eigenvalue weighted by Gasteiger charge is -2.08. The molecule has 0 unspecified atom stereocenters. The van der Waals surface area contributed by atoms with E-state index in [1.54, 1.807) is 27.7 Å². The third kappa shape index (κ3) is 4.50. The predicted octanol–water partition coefficient (Wildman–Crippen LogP) is 3.29. The number of esters is 2. The Morgan fingerprint density at radius 2 is 1.20 bits per heavy atom. The van der Waals surface area contributed by atoms with Gasteiger partial charge in [-0.05, 0) is 45.2 Å². The number of nitrogens with zero attached hydrogens (tertiary/aromatic N) is 4. The standard InChI is InChI=1S/C23H24N4O6S2/c1-5-32-22(30)16-12(3)14-18(34-16)24-10-26(20(14)28)8-7-9-27-11-25-19-15(21(27)29)13(4)17(35-19)23(31)33-6-2/h10-11H,5-9H2,1-4H3. The molecule has 0 aliphatic rings. The summed E-state index contributed by atoms with van der Waals surface area (Å²) in [5, 5.41) is 0.808. The molecule has 0 N–H and O–H groups in total. The molecule has 0 aliphatic heterocycles. The summed E-state index contributed by atoms with van der Waals surface area (Å²) in [4.78, 5) is 60.9. The van der Waals surface area contributed by atoms with Crippen molar-refractivity contribution in [2.24, 2.45) is 0 Å². The van der Waals surface area contributed by atoms with Gasteiger partial charge >= 0.3 is 11.9 Å². The summed E-state index contributed by atoms with van der Waals surface area (Å²) >= 11 is 2.28. The maximum absolute atomic E-state index is 13.0. The molecule has 12 heteroatoms. The lowest BCUT2D eigenvalue weighted by atomic mass is 10.2. The van der Waals surface area contributed by atoms with Gasteiger partial charge in [0.1, 0.15) is 19.4 Å². The van der Waals surface area contributed by atoms with Crippen LogP contribution in [0.3, 0.4) is 0 Å². The van der Waals surface area contributed by atoms with Crippen molar-refractivity contribution in [3.63, 3.8) is 0 Å². The molecule has 0 saturated heterocycles. The number of hydrogen-bond acceptors (Lipinski definition) is 10. The fourth-order valence-electron chi connectivity index (χ4n) is 3.83. The van der Waals surface area contributed by atoms with Crippen LogP contribution in [0.2, 0.25) is 0 Å². The molecule has 0 radical (unpaired) electrons. The monoisotopic (exact) mass is 516 g/mol. The molecular weight excluding hydrogens is 492 g/mol. The lowest BCUT2D eigenvalue weighted by Crippen LogP contribution is -2.24. The van der Waals surface area contributed by atoms with Crippen LogP contribution in [0.4, 0.5) is 0 Å². The van der Waals surface area contributed by atoms with E-state index in [-0.39, 0.29) is 24.3 Å². The number of ether oxygens (including phenoxy) is 2. The van der Waals surface area contributed by atoms with Gasteiger partial charge in [0, 0.05) is 13.1 Å². The highest BCUT2D eigenvalue weighted by atomic mass is 32.1. The number of hydrogen-bond donors (Lipinski definition) is 0. The number of aromatic nitrogens is 4. The Morgan fingerprint density at radius 1 is 0.800 bits per heavy atom. The van der Waals surface area contributed by atoms with Crippen molar-refractivity contribution in [2.75, 3.05) is 13.2 Å². The largest absolute Gasteiger partial charge is 0.462 e. The van der Waals surface area contributed by atoms with Gasteiger partial charge in [-0.3, -0.25) is 18.7 Å². The number of rotatable bonds is 8. The van der Waals surface area contributed by atoms with E-state index in [1.807, 2.05) is 0 Å². The van der Waals surface area contributed by atoms with Crippen LogP contribution < -0.4 is 11.1 Å². The molecule has 0 atom stereocenters. The van der Waals surface area contributed by atoms with E-state index in [0.717, 1.165) is 22.7 Å². The molecule has 4 aromatic rings. The average molecular weight is 517 g/mol. The summed E-state index contributed by atoms with van der Waals surface area (Å²) in [6, 6.07) is 0. The summed E-state index contributed by atoms with van der Waals surface area (Å²) in [6.07, 6.45) is 3.38. The number of fused-ring (bicyclic) bond motifs is 2. The van der Waals surface area contributed by atoms with Crippen molar-refractivity contribution in [2.45, 2.75) is 47.2 Å². The van der Waals surface area contributed by atoms with E-state index in [2.05, 4.69) is 9.97 Å². The Morgan fingerprint density at radius 3 is 1.57 bits per heavy atom. The van der Waals surface area contributed by atoms with Gasteiger partial charge < -0.3 is 9.47 Å². The minimum atomic E-state index is -0.462. The van der Waals surface area contributed by atoms with Crippen molar-refractivity contribution < 1.29 is 19.1 Å². The van der Waals surface area contributed by atoms with E-state index in [0.29, 0.717) is 60.8 Å². The van der Waals surface area contributed by atoms with Crippen LogP contribution in [0.25, 0.3) is 20.4 Å². The molecule has 4 heterocycles. The summed E-state index contributed by atoms with van der Waals surface area (Å²) in [5.41, 5.74) is 0.638. The van der Waals surface area contributed by atoms with Gasteiger partial charge in [0.15, 0.2) is 0 Å². The molecule has 10 nitrogen and oxygen atoms in total. The van der Waals surface area contributed by atoms with Crippen molar-refractivity contribution in [3.05, 3.63) is 54.2 Å². The number of carbonyl (C=O) groups is 2. The van der Waals surface area contributed by atoms with Gasteiger partial charge in [0.05, 0.1) is 36.6 Å². The second-order valence-corrected chi connectivity index (χ2v) is 9.75. The van der Waals surface area contributed by atoms with Gasteiger partial charge in [-0.25, -0.2) is 19.6 Å². The third-order valence-corrected chi connectivity index (χ3v) is 7.91. The Kier molecular flexibility index (Phi) is 7.13. The molecule has 0 amide bonds. The minimum absolute atomic E-state index is 0.243. The second kappa shape index (κ2) is 10.1. The Labute approximate surface area is 207 Å². The number of aryl methyl sites for hydroxylation is 4. The Balaban J connectivity index is 1.56. The molecule has 0 fully saturated rings. The second-order valence-electron chi connectivity index (χ2n) is 7.75. The highest BCUT2D eigenvalue weighted by Gasteiger charge is 2.21. The molecule has 0 spiro atoms. The maximum atomic E-state index is 13.0. The van der Waals surface area contributed by atoms with E-state index < -0.39 is 11.9 Å². The molecule has 0 aliphatic carbocycles. The smallest absolute Gasteiger partial charge is 0.348 e. The third-order valence-electron chi connectivity index (χ3n) is 5.55. The van der Waals surface area contributed by atoms with E-state index >= 15 is 0 Å². The highest BCUT2D eigenvalue weighted by molar-refractivity contribution is 7.21. The quantitative estimate of drug-likeness (QED) is 0.327. The molecule has 4 aromatic heterocycles. The summed E-state index contributed by atoms with van der Waals surface area (Å²) < 4.78 is 13.1. The van der Waals surface area contributed by atoms with Gasteiger partial charge in [-0.15, -0.1) is 22.7 Å². The van der Waals surface area contributed by atoms with Crippen molar-refractivity contribution in [1.29, 1.82) is 0 Å². The van der Waals surface area contributed by atoms with Gasteiger partial charge in [-0.2, -0.15) is 0 Å². The van der Waals surface area contributed by atoms with Gasteiger partial charge in [-0.1, -0.05) is 0 Å². The first-order valence-electron chi connectivity index (χ1n) is 11.1. The van der Waals surface area contributed by atoms with E-state index in [1.165, 1.54) is 21.8 Å². The molecular formula is C23H24N4O6S2. The first-order valence-corrected chi connectivity index (χ1v) is 12.7. The Bertz CT molecular complexity index is 1450. The fraction of sp³-hybridized carbons (Fsp3) is 0.391. The molecule has 184 valence electrons. The lowest BCUT2D eigenvalue weighted by molar-refractivity contribution is 0.0521. The minimum Gasteiger partial charge on any atom is -0.462 e. The number of thiophene rings is 2. The maximum Gasteiger partial charge on any atom is 0.348 e. The van der Waals surface area contributed by atoms with Gasteiger partial charge in [0.25, 0.3) is 11.1 Å². The zero-order valence-corrected chi connectivity index (χ0v) is 21.4. The molecule has 35 heavy (non-hydrogen) atoms. The first kappa shape index (κ1) is 24.7. The molecule has 0 saturated carbocycles.